The van der Waals surface area contributed by atoms with E-state index in [1.807, 2.05) is 36.6 Å². The van der Waals surface area contributed by atoms with Crippen LogP contribution in [0.4, 0.5) is 0 Å². The van der Waals surface area contributed by atoms with Crippen molar-refractivity contribution in [3.63, 3.8) is 0 Å². The first-order valence-corrected chi connectivity index (χ1v) is 6.72. The molecule has 0 saturated heterocycles. The third-order valence-corrected chi connectivity index (χ3v) is 3.61. The lowest BCUT2D eigenvalue weighted by atomic mass is 10.2. The highest BCUT2D eigenvalue weighted by Crippen LogP contribution is 2.27. The molecule has 0 aliphatic carbocycles. The zero-order valence-corrected chi connectivity index (χ0v) is 12.1. The Hall–Kier alpha value is -2.56. The first kappa shape index (κ1) is 13.4. The Morgan fingerprint density at radius 2 is 2.14 bits per heavy atom. The number of carbonyl (C=O) groups excluding carboxylic acids is 1. The quantitative estimate of drug-likeness (QED) is 0.679. The van der Waals surface area contributed by atoms with Gasteiger partial charge in [0.25, 0.3) is 0 Å². The lowest BCUT2D eigenvalue weighted by Gasteiger charge is -2.00. The summed E-state index contributed by atoms with van der Waals surface area (Å²) in [6.07, 6.45) is 2.71. The molecule has 0 bridgehead atoms. The number of methoxy groups -OCH3 is 1. The molecule has 0 amide bonds. The molecule has 0 aromatic carbocycles. The SMILES string of the molecule is CCc1c2oc(=O)c(C(=O)OC)cc2c2ccc(C)cn12. The van der Waals surface area contributed by atoms with Crippen LogP contribution >= 0.6 is 0 Å². The van der Waals surface area contributed by atoms with Crippen molar-refractivity contribution >= 4 is 22.5 Å². The van der Waals surface area contributed by atoms with Crippen LogP contribution in [-0.4, -0.2) is 17.5 Å². The molecule has 0 fully saturated rings. The number of hydrogen-bond donors (Lipinski definition) is 0. The smallest absolute Gasteiger partial charge is 0.351 e. The van der Waals surface area contributed by atoms with Gasteiger partial charge >= 0.3 is 11.6 Å². The highest BCUT2D eigenvalue weighted by atomic mass is 16.5. The predicted molar refractivity (Wildman–Crippen MR) is 78.9 cm³/mol. The van der Waals surface area contributed by atoms with Gasteiger partial charge in [-0.1, -0.05) is 13.0 Å². The van der Waals surface area contributed by atoms with Crippen LogP contribution in [0.2, 0.25) is 0 Å². The largest absolute Gasteiger partial charge is 0.465 e. The molecule has 0 aliphatic heterocycles. The van der Waals surface area contributed by atoms with Crippen molar-refractivity contribution in [1.29, 1.82) is 0 Å². The van der Waals surface area contributed by atoms with E-state index in [0.717, 1.165) is 22.2 Å². The van der Waals surface area contributed by atoms with Gasteiger partial charge in [0.05, 0.1) is 18.3 Å². The summed E-state index contributed by atoms with van der Waals surface area (Å²) in [5, 5.41) is 0.742. The molecule has 3 heterocycles. The van der Waals surface area contributed by atoms with Crippen LogP contribution in [0.15, 0.2) is 33.6 Å². The molecule has 5 heteroatoms. The number of ether oxygens (including phenoxy) is 1. The lowest BCUT2D eigenvalue weighted by Crippen LogP contribution is -2.14. The molecule has 3 aromatic rings. The van der Waals surface area contributed by atoms with E-state index in [2.05, 4.69) is 4.74 Å². The number of nitrogens with zero attached hydrogens (tertiary/aromatic N) is 1. The van der Waals surface area contributed by atoms with E-state index >= 15 is 0 Å². The molecule has 0 saturated carbocycles. The number of pyridine rings is 1. The minimum absolute atomic E-state index is 0.0827. The average molecular weight is 285 g/mol. The number of esters is 1. The zero-order valence-electron chi connectivity index (χ0n) is 12.1. The van der Waals surface area contributed by atoms with Gasteiger partial charge in [0, 0.05) is 11.6 Å². The van der Waals surface area contributed by atoms with Crippen LogP contribution in [0.5, 0.6) is 0 Å². The van der Waals surface area contributed by atoms with Gasteiger partial charge in [0.2, 0.25) is 0 Å². The number of fused-ring (bicyclic) bond motifs is 3. The Morgan fingerprint density at radius 3 is 2.81 bits per heavy atom. The van der Waals surface area contributed by atoms with E-state index in [-0.39, 0.29) is 5.56 Å². The molecule has 5 nitrogen and oxygen atoms in total. The zero-order chi connectivity index (χ0) is 15.1. The molecule has 0 atom stereocenters. The number of aryl methyl sites for hydroxylation is 2. The number of rotatable bonds is 2. The summed E-state index contributed by atoms with van der Waals surface area (Å²) >= 11 is 0. The molecular weight excluding hydrogens is 270 g/mol. The van der Waals surface area contributed by atoms with E-state index < -0.39 is 11.6 Å². The van der Waals surface area contributed by atoms with E-state index in [4.69, 9.17) is 4.42 Å². The number of aromatic nitrogens is 1. The highest BCUT2D eigenvalue weighted by Gasteiger charge is 2.19. The molecule has 0 spiro atoms. The second-order valence-corrected chi connectivity index (χ2v) is 4.94. The van der Waals surface area contributed by atoms with Gasteiger partial charge in [-0.3, -0.25) is 0 Å². The molecule has 0 N–H and O–H groups in total. The first-order chi connectivity index (χ1) is 10.1. The third kappa shape index (κ3) is 1.93. The minimum atomic E-state index is -0.685. The van der Waals surface area contributed by atoms with Crippen LogP contribution in [0.1, 0.15) is 28.5 Å². The summed E-state index contributed by atoms with van der Waals surface area (Å²) in [6, 6.07) is 5.49. The standard InChI is InChI=1S/C16H15NO4/c1-4-12-14-10(13-6-5-9(2)8-17(12)13)7-11(15(18)20-3)16(19)21-14/h5-8H,4H2,1-3H3. The number of hydrogen-bond acceptors (Lipinski definition) is 4. The molecule has 108 valence electrons. The van der Waals surface area contributed by atoms with Crippen molar-refractivity contribution in [1.82, 2.24) is 4.40 Å². The van der Waals surface area contributed by atoms with Crippen LogP contribution in [0, 0.1) is 6.92 Å². The van der Waals surface area contributed by atoms with Crippen molar-refractivity contribution in [2.24, 2.45) is 0 Å². The van der Waals surface area contributed by atoms with E-state index in [1.165, 1.54) is 7.11 Å². The summed E-state index contributed by atoms with van der Waals surface area (Å²) in [7, 11) is 1.24. The highest BCUT2D eigenvalue weighted by molar-refractivity contribution is 6.00. The van der Waals surface area contributed by atoms with Crippen molar-refractivity contribution < 1.29 is 13.9 Å². The van der Waals surface area contributed by atoms with E-state index in [1.54, 1.807) is 6.07 Å². The Balaban J connectivity index is 2.48. The van der Waals surface area contributed by atoms with Gasteiger partial charge in [-0.2, -0.15) is 0 Å². The summed E-state index contributed by atoms with van der Waals surface area (Å²) in [4.78, 5) is 23.6. The van der Waals surface area contributed by atoms with E-state index in [9.17, 15) is 9.59 Å². The van der Waals surface area contributed by atoms with Crippen LogP contribution in [-0.2, 0) is 11.2 Å². The fourth-order valence-electron chi connectivity index (χ4n) is 2.62. The topological polar surface area (TPSA) is 60.9 Å². The van der Waals surface area contributed by atoms with Crippen molar-refractivity contribution in [3.05, 3.63) is 51.6 Å². The average Bonchev–Trinajstić information content (AvgIpc) is 2.77. The van der Waals surface area contributed by atoms with Crippen LogP contribution < -0.4 is 5.63 Å². The van der Waals surface area contributed by atoms with Crippen LogP contribution in [0.3, 0.4) is 0 Å². The van der Waals surface area contributed by atoms with Crippen molar-refractivity contribution in [2.45, 2.75) is 20.3 Å². The van der Waals surface area contributed by atoms with Gasteiger partial charge in [0.15, 0.2) is 5.58 Å². The predicted octanol–water partition coefficient (Wildman–Crippen LogP) is 2.70. The second-order valence-electron chi connectivity index (χ2n) is 4.94. The first-order valence-electron chi connectivity index (χ1n) is 6.72. The number of carbonyl (C=O) groups is 1. The Bertz CT molecular complexity index is 917. The lowest BCUT2D eigenvalue weighted by molar-refractivity contribution is 0.0596. The monoisotopic (exact) mass is 285 g/mol. The summed E-state index contributed by atoms with van der Waals surface area (Å²) in [5.41, 5.74) is 2.70. The molecule has 3 aromatic heterocycles. The van der Waals surface area contributed by atoms with Gasteiger partial charge in [-0.15, -0.1) is 0 Å². The normalized spacial score (nSPS) is 11.2. The summed E-state index contributed by atoms with van der Waals surface area (Å²) in [6.45, 7) is 4.00. The van der Waals surface area contributed by atoms with Gasteiger partial charge < -0.3 is 13.6 Å². The van der Waals surface area contributed by atoms with Gasteiger partial charge in [-0.05, 0) is 31.0 Å². The Morgan fingerprint density at radius 1 is 1.38 bits per heavy atom. The maximum Gasteiger partial charge on any atom is 0.351 e. The fraction of sp³-hybridized carbons (Fsp3) is 0.250. The molecule has 21 heavy (non-hydrogen) atoms. The minimum Gasteiger partial charge on any atom is -0.465 e. The third-order valence-electron chi connectivity index (χ3n) is 3.61. The molecule has 0 radical (unpaired) electrons. The maximum absolute atomic E-state index is 12.0. The molecule has 3 rings (SSSR count). The van der Waals surface area contributed by atoms with Gasteiger partial charge in [-0.25, -0.2) is 9.59 Å². The molecule has 0 unspecified atom stereocenters. The van der Waals surface area contributed by atoms with Crippen LogP contribution in [0.25, 0.3) is 16.5 Å². The fourth-order valence-corrected chi connectivity index (χ4v) is 2.62. The summed E-state index contributed by atoms with van der Waals surface area (Å²) < 4.78 is 12.0. The summed E-state index contributed by atoms with van der Waals surface area (Å²) in [5.74, 6) is -0.685. The van der Waals surface area contributed by atoms with Crippen molar-refractivity contribution in [3.8, 4) is 0 Å². The molecule has 0 aliphatic rings. The maximum atomic E-state index is 12.0. The van der Waals surface area contributed by atoms with Gasteiger partial charge in [0.1, 0.15) is 5.56 Å². The molecular formula is C16H15NO4. The Labute approximate surface area is 120 Å². The van der Waals surface area contributed by atoms with Crippen molar-refractivity contribution in [2.75, 3.05) is 7.11 Å². The second kappa shape index (κ2) is 4.77. The van der Waals surface area contributed by atoms with E-state index in [0.29, 0.717) is 12.0 Å². The Kier molecular flexibility index (Phi) is 3.05.